The molecule has 0 heterocycles. The molecule has 0 saturated heterocycles. The van der Waals surface area contributed by atoms with Gasteiger partial charge in [-0.1, -0.05) is 46.9 Å². The van der Waals surface area contributed by atoms with Crippen LogP contribution in [-0.2, 0) is 0 Å². The fraction of sp³-hybridized carbons (Fsp3) is 0.200. The second-order valence-corrected chi connectivity index (χ2v) is 5.78. The molecule has 0 aliphatic rings. The van der Waals surface area contributed by atoms with Gasteiger partial charge in [0, 0.05) is 33.1 Å². The first-order valence-corrected chi connectivity index (χ1v) is 7.36. The van der Waals surface area contributed by atoms with Crippen molar-refractivity contribution in [2.45, 2.75) is 12.0 Å². The third-order valence-corrected chi connectivity index (χ3v) is 4.29. The fourth-order valence-corrected chi connectivity index (χ4v) is 3.22. The molecule has 0 aliphatic heterocycles. The van der Waals surface area contributed by atoms with E-state index in [1.54, 1.807) is 18.2 Å². The molecule has 0 radical (unpaired) electrons. The third-order valence-electron chi connectivity index (χ3n) is 3.30. The monoisotopic (exact) mass is 347 g/mol. The van der Waals surface area contributed by atoms with E-state index in [1.807, 2.05) is 0 Å². The zero-order valence-corrected chi connectivity index (χ0v) is 13.1. The van der Waals surface area contributed by atoms with E-state index >= 15 is 0 Å². The first-order valence-electron chi connectivity index (χ1n) is 6.23. The minimum Gasteiger partial charge on any atom is -0.388 e. The van der Waals surface area contributed by atoms with Crippen LogP contribution in [0.1, 0.15) is 23.1 Å². The first kappa shape index (κ1) is 16.5. The second-order valence-electron chi connectivity index (χ2n) is 4.56. The molecule has 2 aromatic carbocycles. The van der Waals surface area contributed by atoms with Crippen LogP contribution in [0.4, 0.5) is 4.39 Å². The smallest absolute Gasteiger partial charge is 0.130 e. The lowest BCUT2D eigenvalue weighted by molar-refractivity contribution is 0.143. The average Bonchev–Trinajstić information content (AvgIpc) is 2.42. The summed E-state index contributed by atoms with van der Waals surface area (Å²) in [6, 6.07) is 9.16. The van der Waals surface area contributed by atoms with Crippen molar-refractivity contribution in [1.82, 2.24) is 0 Å². The average molecular weight is 349 g/mol. The largest absolute Gasteiger partial charge is 0.388 e. The molecule has 21 heavy (non-hydrogen) atoms. The summed E-state index contributed by atoms with van der Waals surface area (Å²) >= 11 is 18.3. The third kappa shape index (κ3) is 3.33. The Hall–Kier alpha value is -0.840. The predicted molar refractivity (Wildman–Crippen MR) is 84.6 cm³/mol. The van der Waals surface area contributed by atoms with Crippen molar-refractivity contribution in [2.24, 2.45) is 5.73 Å². The van der Waals surface area contributed by atoms with Gasteiger partial charge in [0.1, 0.15) is 5.82 Å². The summed E-state index contributed by atoms with van der Waals surface area (Å²) in [6.45, 7) is 0.0370. The van der Waals surface area contributed by atoms with Crippen LogP contribution in [0.5, 0.6) is 0 Å². The number of aliphatic hydroxyl groups excluding tert-OH is 1. The summed E-state index contributed by atoms with van der Waals surface area (Å²) in [4.78, 5) is 0. The maximum atomic E-state index is 14.0. The molecule has 6 heteroatoms. The number of nitrogens with two attached hydrogens (primary N) is 1. The quantitative estimate of drug-likeness (QED) is 0.850. The molecule has 2 rings (SSSR count). The Labute approximate surface area is 137 Å². The Bertz CT molecular complexity index is 610. The van der Waals surface area contributed by atoms with Crippen LogP contribution < -0.4 is 5.73 Å². The molecule has 0 aliphatic carbocycles. The molecular formula is C15H13Cl3FNO. The van der Waals surface area contributed by atoms with Crippen molar-refractivity contribution in [3.05, 3.63) is 68.4 Å². The van der Waals surface area contributed by atoms with E-state index in [0.29, 0.717) is 15.6 Å². The number of halogens is 4. The number of rotatable bonds is 4. The topological polar surface area (TPSA) is 46.2 Å². The number of benzene rings is 2. The van der Waals surface area contributed by atoms with Crippen molar-refractivity contribution < 1.29 is 9.50 Å². The molecule has 112 valence electrons. The highest BCUT2D eigenvalue weighted by Gasteiger charge is 2.29. The molecule has 3 N–H and O–H groups in total. The molecular weight excluding hydrogens is 336 g/mol. The van der Waals surface area contributed by atoms with E-state index in [0.717, 1.165) is 0 Å². The molecule has 2 unspecified atom stereocenters. The number of hydrogen-bond donors (Lipinski definition) is 2. The highest BCUT2D eigenvalue weighted by molar-refractivity contribution is 6.36. The van der Waals surface area contributed by atoms with E-state index in [2.05, 4.69) is 0 Å². The molecule has 0 fully saturated rings. The van der Waals surface area contributed by atoms with Crippen molar-refractivity contribution >= 4 is 34.8 Å². The van der Waals surface area contributed by atoms with Gasteiger partial charge >= 0.3 is 0 Å². The van der Waals surface area contributed by atoms with Gasteiger partial charge in [-0.15, -0.1) is 0 Å². The van der Waals surface area contributed by atoms with Gasteiger partial charge in [-0.3, -0.25) is 0 Å². The zero-order valence-electron chi connectivity index (χ0n) is 10.9. The molecule has 0 spiro atoms. The van der Waals surface area contributed by atoms with Gasteiger partial charge in [0.25, 0.3) is 0 Å². The van der Waals surface area contributed by atoms with Crippen molar-refractivity contribution in [1.29, 1.82) is 0 Å². The van der Waals surface area contributed by atoms with Crippen LogP contribution >= 0.6 is 34.8 Å². The molecule has 2 nitrogen and oxygen atoms in total. The van der Waals surface area contributed by atoms with Crippen molar-refractivity contribution in [3.63, 3.8) is 0 Å². The molecule has 2 atom stereocenters. The van der Waals surface area contributed by atoms with Gasteiger partial charge in [-0.05, 0) is 29.8 Å². The van der Waals surface area contributed by atoms with E-state index in [-0.39, 0.29) is 17.1 Å². The molecule has 0 aromatic heterocycles. The summed E-state index contributed by atoms with van der Waals surface area (Å²) in [5.41, 5.74) is 6.21. The zero-order chi connectivity index (χ0) is 15.6. The summed E-state index contributed by atoms with van der Waals surface area (Å²) in [7, 11) is 0. The standard InChI is InChI=1S/C15H13Cl3FNO/c16-9-3-1-4-10(17)13(9)8(7-20)15(21)14-11(18)5-2-6-12(14)19/h1-6,8,15,21H,7,20H2. The Morgan fingerprint density at radius 3 is 1.90 bits per heavy atom. The van der Waals surface area contributed by atoms with Gasteiger partial charge in [0.05, 0.1) is 6.10 Å². The Kier molecular flexibility index (Phi) is 5.47. The normalized spacial score (nSPS) is 14.0. The van der Waals surface area contributed by atoms with E-state index in [1.165, 1.54) is 18.2 Å². The lowest BCUT2D eigenvalue weighted by Gasteiger charge is -2.25. The fourth-order valence-electron chi connectivity index (χ4n) is 2.26. The maximum absolute atomic E-state index is 14.0. The van der Waals surface area contributed by atoms with Crippen LogP contribution in [0, 0.1) is 5.82 Å². The molecule has 0 saturated carbocycles. The van der Waals surface area contributed by atoms with Crippen LogP contribution in [0.3, 0.4) is 0 Å². The number of aliphatic hydroxyl groups is 1. The lowest BCUT2D eigenvalue weighted by atomic mass is 9.88. The van der Waals surface area contributed by atoms with Gasteiger partial charge in [-0.25, -0.2) is 4.39 Å². The van der Waals surface area contributed by atoms with Gasteiger partial charge in [0.2, 0.25) is 0 Å². The Morgan fingerprint density at radius 2 is 1.43 bits per heavy atom. The minimum absolute atomic E-state index is 0.00870. The van der Waals surface area contributed by atoms with Crippen molar-refractivity contribution in [2.75, 3.05) is 6.54 Å². The van der Waals surface area contributed by atoms with E-state index in [4.69, 9.17) is 40.5 Å². The van der Waals surface area contributed by atoms with Crippen LogP contribution in [0.2, 0.25) is 15.1 Å². The highest BCUT2D eigenvalue weighted by Crippen LogP contribution is 2.40. The molecule has 0 bridgehead atoms. The summed E-state index contributed by atoms with van der Waals surface area (Å²) in [5.74, 6) is -1.27. The second kappa shape index (κ2) is 6.95. The minimum atomic E-state index is -1.25. The lowest BCUT2D eigenvalue weighted by Crippen LogP contribution is -2.22. The van der Waals surface area contributed by atoms with Gasteiger partial charge in [-0.2, -0.15) is 0 Å². The van der Waals surface area contributed by atoms with Gasteiger partial charge in [0.15, 0.2) is 0 Å². The number of hydrogen-bond acceptors (Lipinski definition) is 2. The predicted octanol–water partition coefficient (Wildman–Crippen LogP) is 4.56. The summed E-state index contributed by atoms with van der Waals surface area (Å²) in [5, 5.41) is 11.4. The Balaban J connectivity index is 2.51. The van der Waals surface area contributed by atoms with Crippen molar-refractivity contribution in [3.8, 4) is 0 Å². The first-order chi connectivity index (χ1) is 9.97. The Morgan fingerprint density at radius 1 is 0.952 bits per heavy atom. The van der Waals surface area contributed by atoms with Crippen LogP contribution in [0.15, 0.2) is 36.4 Å². The molecule has 0 amide bonds. The summed E-state index contributed by atoms with van der Waals surface area (Å²) < 4.78 is 14.0. The molecule has 2 aromatic rings. The van der Waals surface area contributed by atoms with Gasteiger partial charge < -0.3 is 10.8 Å². The summed E-state index contributed by atoms with van der Waals surface area (Å²) in [6.07, 6.45) is -1.25. The van der Waals surface area contributed by atoms with Crippen LogP contribution in [0.25, 0.3) is 0 Å². The van der Waals surface area contributed by atoms with E-state index < -0.39 is 17.8 Å². The van der Waals surface area contributed by atoms with Crippen LogP contribution in [-0.4, -0.2) is 11.7 Å². The highest BCUT2D eigenvalue weighted by atomic mass is 35.5. The maximum Gasteiger partial charge on any atom is 0.130 e. The van der Waals surface area contributed by atoms with E-state index in [9.17, 15) is 9.50 Å². The SMILES string of the molecule is NCC(c1c(Cl)cccc1Cl)C(O)c1c(F)cccc1Cl.